The molecule has 0 radical (unpaired) electrons. The lowest BCUT2D eigenvalue weighted by molar-refractivity contribution is -0.140. The second-order valence-corrected chi connectivity index (χ2v) is 14.5. The van der Waals surface area contributed by atoms with Crippen molar-refractivity contribution in [3.63, 3.8) is 0 Å². The molecule has 0 fully saturated rings. The summed E-state index contributed by atoms with van der Waals surface area (Å²) in [5.74, 6) is -0.201. The van der Waals surface area contributed by atoms with Crippen LogP contribution in [0.1, 0.15) is 37.5 Å². The van der Waals surface area contributed by atoms with Gasteiger partial charge in [0.2, 0.25) is 11.8 Å². The van der Waals surface area contributed by atoms with Gasteiger partial charge in [-0.3, -0.25) is 13.9 Å². The fourth-order valence-electron chi connectivity index (χ4n) is 5.05. The predicted molar refractivity (Wildman–Crippen MR) is 192 cm³/mol. The second-order valence-electron chi connectivity index (χ2n) is 11.9. The lowest BCUT2D eigenvalue weighted by atomic mass is 10.0. The van der Waals surface area contributed by atoms with E-state index in [-0.39, 0.29) is 35.4 Å². The van der Waals surface area contributed by atoms with Gasteiger partial charge < -0.3 is 15.0 Å². The van der Waals surface area contributed by atoms with Crippen molar-refractivity contribution in [1.82, 2.24) is 10.2 Å². The second kappa shape index (κ2) is 16.9. The van der Waals surface area contributed by atoms with Crippen molar-refractivity contribution in [1.29, 1.82) is 0 Å². The predicted octanol–water partition coefficient (Wildman–Crippen LogP) is 7.31. The largest absolute Gasteiger partial charge is 0.494 e. The molecule has 0 heterocycles. The molecule has 0 aliphatic carbocycles. The van der Waals surface area contributed by atoms with Crippen LogP contribution in [-0.4, -0.2) is 50.9 Å². The molecule has 1 atom stereocenters. The number of anilines is 1. The van der Waals surface area contributed by atoms with Crippen LogP contribution < -0.4 is 14.4 Å². The van der Waals surface area contributed by atoms with Gasteiger partial charge in [-0.05, 0) is 79.4 Å². The van der Waals surface area contributed by atoms with Crippen LogP contribution >= 0.6 is 23.2 Å². The van der Waals surface area contributed by atoms with E-state index in [4.69, 9.17) is 27.9 Å². The van der Waals surface area contributed by atoms with Gasteiger partial charge in [-0.1, -0.05) is 91.1 Å². The Bertz CT molecular complexity index is 1780. The molecule has 0 aromatic heterocycles. The first-order chi connectivity index (χ1) is 22.9. The van der Waals surface area contributed by atoms with Gasteiger partial charge in [0.1, 0.15) is 18.3 Å². The normalized spacial score (nSPS) is 12.0. The molecule has 2 amide bonds. The van der Waals surface area contributed by atoms with Crippen molar-refractivity contribution < 1.29 is 22.7 Å². The molecule has 0 saturated heterocycles. The van der Waals surface area contributed by atoms with E-state index >= 15 is 0 Å². The van der Waals surface area contributed by atoms with E-state index in [2.05, 4.69) is 5.32 Å². The summed E-state index contributed by atoms with van der Waals surface area (Å²) in [6.07, 6.45) is 0.200. The summed E-state index contributed by atoms with van der Waals surface area (Å²) < 4.78 is 35.1. The number of carbonyl (C=O) groups is 2. The molecule has 0 unspecified atom stereocenters. The summed E-state index contributed by atoms with van der Waals surface area (Å²) >= 11 is 12.6. The number of nitrogens with zero attached hydrogens (tertiary/aromatic N) is 2. The average Bonchev–Trinajstić information content (AvgIpc) is 3.06. The van der Waals surface area contributed by atoms with E-state index in [1.54, 1.807) is 54.6 Å². The Labute approximate surface area is 293 Å². The number of nitrogens with one attached hydrogen (secondary N) is 1. The van der Waals surface area contributed by atoms with Crippen molar-refractivity contribution in [3.05, 3.63) is 124 Å². The molecule has 0 bridgehead atoms. The monoisotopic (exact) mass is 709 g/mol. The fraction of sp³-hybridized carbons (Fsp3) is 0.297. The number of hydrogen-bond donors (Lipinski definition) is 1. The molecule has 1 N–H and O–H groups in total. The van der Waals surface area contributed by atoms with Gasteiger partial charge in [0, 0.05) is 19.5 Å². The summed E-state index contributed by atoms with van der Waals surface area (Å²) in [7, 11) is -4.23. The number of benzene rings is 4. The molecule has 11 heteroatoms. The lowest BCUT2D eigenvalue weighted by Gasteiger charge is -2.34. The van der Waals surface area contributed by atoms with Gasteiger partial charge in [0.25, 0.3) is 10.0 Å². The molecule has 48 heavy (non-hydrogen) atoms. The number of amides is 2. The lowest BCUT2D eigenvalue weighted by Crippen LogP contribution is -2.53. The minimum absolute atomic E-state index is 0.0238. The first kappa shape index (κ1) is 36.8. The number of rotatable bonds is 15. The highest BCUT2D eigenvalue weighted by Gasteiger charge is 2.34. The van der Waals surface area contributed by atoms with Crippen molar-refractivity contribution >= 4 is 50.7 Å². The van der Waals surface area contributed by atoms with Crippen LogP contribution in [0.4, 0.5) is 5.69 Å². The summed E-state index contributed by atoms with van der Waals surface area (Å²) in [5.41, 5.74) is 2.62. The molecule has 0 aliphatic heterocycles. The van der Waals surface area contributed by atoms with Crippen LogP contribution in [-0.2, 0) is 32.6 Å². The maximum Gasteiger partial charge on any atom is 0.264 e. The molecule has 4 aromatic carbocycles. The zero-order valence-electron chi connectivity index (χ0n) is 27.5. The maximum absolute atomic E-state index is 14.6. The summed E-state index contributed by atoms with van der Waals surface area (Å²) in [6.45, 7) is 7.92. The summed E-state index contributed by atoms with van der Waals surface area (Å²) in [6, 6.07) is 26.4. The molecular formula is C37H41Cl2N3O5S. The number of halogens is 2. The van der Waals surface area contributed by atoms with Crippen molar-refractivity contribution in [3.8, 4) is 5.75 Å². The SMILES string of the molecule is CCOc1ccc(N(CC(=O)N(Cc2ccc(Cl)c(Cl)c2)[C@@H](Cc2ccccc2)C(=O)NCC(C)C)S(=O)(=O)c2ccc(C)cc2)cc1. The number of ether oxygens (including phenoxy) is 1. The van der Waals surface area contributed by atoms with Crippen LogP contribution in [0.5, 0.6) is 5.75 Å². The van der Waals surface area contributed by atoms with Gasteiger partial charge in [-0.15, -0.1) is 0 Å². The third-order valence-electron chi connectivity index (χ3n) is 7.62. The molecule has 0 spiro atoms. The van der Waals surface area contributed by atoms with E-state index in [9.17, 15) is 18.0 Å². The van der Waals surface area contributed by atoms with Crippen molar-refractivity contribution in [2.75, 3.05) is 24.0 Å². The van der Waals surface area contributed by atoms with Gasteiger partial charge >= 0.3 is 0 Å². The number of hydrogen-bond acceptors (Lipinski definition) is 5. The quantitative estimate of drug-likeness (QED) is 0.140. The molecule has 4 aromatic rings. The average molecular weight is 711 g/mol. The van der Waals surface area contributed by atoms with E-state index in [0.29, 0.717) is 34.5 Å². The molecule has 0 aliphatic rings. The van der Waals surface area contributed by atoms with Crippen LogP contribution in [0.2, 0.25) is 10.0 Å². The number of aryl methyl sites for hydroxylation is 1. The molecule has 254 valence electrons. The number of sulfonamides is 1. The Balaban J connectivity index is 1.81. The Morgan fingerprint density at radius 3 is 2.12 bits per heavy atom. The van der Waals surface area contributed by atoms with Crippen LogP contribution in [0.25, 0.3) is 0 Å². The highest BCUT2D eigenvalue weighted by atomic mass is 35.5. The first-order valence-electron chi connectivity index (χ1n) is 15.8. The highest BCUT2D eigenvalue weighted by molar-refractivity contribution is 7.92. The molecular weight excluding hydrogens is 669 g/mol. The van der Waals surface area contributed by atoms with Crippen LogP contribution in [0, 0.1) is 12.8 Å². The third kappa shape index (κ3) is 9.75. The smallest absolute Gasteiger partial charge is 0.264 e. The van der Waals surface area contributed by atoms with E-state index in [1.807, 2.05) is 58.0 Å². The zero-order valence-corrected chi connectivity index (χ0v) is 29.9. The van der Waals surface area contributed by atoms with Crippen molar-refractivity contribution in [2.24, 2.45) is 5.92 Å². The molecule has 8 nitrogen and oxygen atoms in total. The third-order valence-corrected chi connectivity index (χ3v) is 10.1. The number of carbonyl (C=O) groups excluding carboxylic acids is 2. The maximum atomic E-state index is 14.6. The van der Waals surface area contributed by atoms with E-state index in [1.165, 1.54) is 17.0 Å². The molecule has 4 rings (SSSR count). The minimum Gasteiger partial charge on any atom is -0.494 e. The van der Waals surface area contributed by atoms with E-state index in [0.717, 1.165) is 15.4 Å². The Morgan fingerprint density at radius 1 is 0.854 bits per heavy atom. The van der Waals surface area contributed by atoms with Crippen LogP contribution in [0.15, 0.2) is 102 Å². The Kier molecular flexibility index (Phi) is 12.9. The fourth-order valence-corrected chi connectivity index (χ4v) is 6.79. The van der Waals surface area contributed by atoms with E-state index < -0.39 is 28.5 Å². The highest BCUT2D eigenvalue weighted by Crippen LogP contribution is 2.28. The first-order valence-corrected chi connectivity index (χ1v) is 18.0. The summed E-state index contributed by atoms with van der Waals surface area (Å²) in [5, 5.41) is 3.62. The van der Waals surface area contributed by atoms with Gasteiger partial charge in [0.05, 0.1) is 27.2 Å². The van der Waals surface area contributed by atoms with Gasteiger partial charge in [0.15, 0.2) is 0 Å². The molecule has 0 saturated carbocycles. The van der Waals surface area contributed by atoms with Crippen LogP contribution in [0.3, 0.4) is 0 Å². The zero-order chi connectivity index (χ0) is 34.8. The van der Waals surface area contributed by atoms with Crippen molar-refractivity contribution in [2.45, 2.75) is 51.6 Å². The summed E-state index contributed by atoms with van der Waals surface area (Å²) in [4.78, 5) is 30.0. The standard InChI is InChI=1S/C37H41Cl2N3O5S/c1-5-47-31-16-14-30(15-17-31)42(48(45,46)32-18-11-27(4)12-19-32)25-36(43)41(24-29-13-20-33(38)34(39)21-29)35(37(44)40-23-26(2)3)22-28-9-7-6-8-10-28/h6-21,26,35H,5,22-25H2,1-4H3,(H,40,44)/t35-/m0/s1. The Hall–Kier alpha value is -4.05. The Morgan fingerprint density at radius 2 is 1.52 bits per heavy atom. The topological polar surface area (TPSA) is 96.0 Å². The minimum atomic E-state index is -4.23. The van der Waals surface area contributed by atoms with Gasteiger partial charge in [-0.25, -0.2) is 8.42 Å². The van der Waals surface area contributed by atoms with Gasteiger partial charge in [-0.2, -0.15) is 0 Å².